The molecule has 1 aliphatic heterocycles. The van der Waals surface area contributed by atoms with Crippen molar-refractivity contribution in [3.05, 3.63) is 78.6 Å². The van der Waals surface area contributed by atoms with Gasteiger partial charge in [-0.2, -0.15) is 0 Å². The molecule has 4 rings (SSSR count). The average molecular weight is 374 g/mol. The lowest BCUT2D eigenvalue weighted by molar-refractivity contribution is -0.138. The third kappa shape index (κ3) is 3.29. The van der Waals surface area contributed by atoms with E-state index in [2.05, 4.69) is 11.6 Å². The van der Waals surface area contributed by atoms with Crippen LogP contribution in [0.25, 0.3) is 5.65 Å². The van der Waals surface area contributed by atoms with Crippen LogP contribution in [0.15, 0.2) is 67.5 Å². The van der Waals surface area contributed by atoms with Gasteiger partial charge in [-0.15, -0.1) is 0 Å². The van der Waals surface area contributed by atoms with E-state index in [1.165, 1.54) is 6.08 Å². The molecule has 0 spiro atoms. The second-order valence-electron chi connectivity index (χ2n) is 7.00. The average Bonchev–Trinajstić information content (AvgIpc) is 3.14. The van der Waals surface area contributed by atoms with Gasteiger partial charge in [-0.1, -0.05) is 42.5 Å². The summed E-state index contributed by atoms with van der Waals surface area (Å²) < 4.78 is 1.89. The zero-order valence-electron chi connectivity index (χ0n) is 15.8. The summed E-state index contributed by atoms with van der Waals surface area (Å²) in [7, 11) is 0. The van der Waals surface area contributed by atoms with E-state index in [1.807, 2.05) is 66.2 Å². The van der Waals surface area contributed by atoms with E-state index in [0.717, 1.165) is 16.8 Å². The van der Waals surface area contributed by atoms with Gasteiger partial charge in [-0.05, 0) is 30.7 Å². The van der Waals surface area contributed by atoms with Crippen molar-refractivity contribution < 1.29 is 9.59 Å². The molecule has 0 bridgehead atoms. The van der Waals surface area contributed by atoms with Crippen LogP contribution >= 0.6 is 0 Å². The van der Waals surface area contributed by atoms with E-state index in [0.29, 0.717) is 25.3 Å². The SMILES string of the molecule is C=CC(=O)N1CCN(c2cn3ccccc3n2)C(=O)C1Cc1ccc(C)cc1. The van der Waals surface area contributed by atoms with E-state index < -0.39 is 6.04 Å². The van der Waals surface area contributed by atoms with Gasteiger partial charge < -0.3 is 9.30 Å². The number of hydrogen-bond donors (Lipinski definition) is 0. The number of nitrogens with zero attached hydrogens (tertiary/aromatic N) is 4. The van der Waals surface area contributed by atoms with E-state index in [1.54, 1.807) is 9.80 Å². The van der Waals surface area contributed by atoms with Crippen LogP contribution in [-0.4, -0.2) is 45.2 Å². The number of carbonyl (C=O) groups is 2. The number of aromatic nitrogens is 2. The lowest BCUT2D eigenvalue weighted by Gasteiger charge is -2.39. The Kier molecular flexibility index (Phi) is 4.69. The van der Waals surface area contributed by atoms with Crippen molar-refractivity contribution in [3.8, 4) is 0 Å². The zero-order chi connectivity index (χ0) is 19.7. The maximum Gasteiger partial charge on any atom is 0.251 e. The Morgan fingerprint density at radius 3 is 2.71 bits per heavy atom. The maximum absolute atomic E-state index is 13.4. The predicted octanol–water partition coefficient (Wildman–Crippen LogP) is 2.62. The van der Waals surface area contributed by atoms with Crippen molar-refractivity contribution >= 4 is 23.3 Å². The molecule has 142 valence electrons. The molecule has 2 amide bonds. The summed E-state index contributed by atoms with van der Waals surface area (Å²) >= 11 is 0. The van der Waals surface area contributed by atoms with Crippen LogP contribution < -0.4 is 4.90 Å². The van der Waals surface area contributed by atoms with Crippen LogP contribution in [0.2, 0.25) is 0 Å². The lowest BCUT2D eigenvalue weighted by atomic mass is 10.00. The van der Waals surface area contributed by atoms with Gasteiger partial charge in [0.05, 0.1) is 6.20 Å². The van der Waals surface area contributed by atoms with Crippen LogP contribution in [0, 0.1) is 6.92 Å². The Morgan fingerprint density at radius 1 is 1.21 bits per heavy atom. The predicted molar refractivity (Wildman–Crippen MR) is 108 cm³/mol. The Labute approximate surface area is 163 Å². The molecule has 1 atom stereocenters. The number of fused-ring (bicyclic) bond motifs is 1. The van der Waals surface area contributed by atoms with E-state index in [4.69, 9.17) is 0 Å². The molecular weight excluding hydrogens is 352 g/mol. The number of rotatable bonds is 4. The number of pyridine rings is 1. The number of imidazole rings is 1. The first-order valence-corrected chi connectivity index (χ1v) is 9.30. The molecule has 3 heterocycles. The van der Waals surface area contributed by atoms with Gasteiger partial charge in [0.1, 0.15) is 11.7 Å². The number of piperazine rings is 1. The van der Waals surface area contributed by atoms with Crippen LogP contribution in [0.1, 0.15) is 11.1 Å². The standard InChI is InChI=1S/C22H22N4O2/c1-3-21(27)25-12-13-26(20-15-24-11-5-4-6-19(24)23-20)22(28)18(25)14-17-9-7-16(2)8-10-17/h3-11,15,18H,1,12-14H2,2H3. The molecular formula is C22H22N4O2. The van der Waals surface area contributed by atoms with Gasteiger partial charge in [0.25, 0.3) is 5.91 Å². The van der Waals surface area contributed by atoms with Crippen molar-refractivity contribution in [2.24, 2.45) is 0 Å². The fourth-order valence-electron chi connectivity index (χ4n) is 3.59. The number of anilines is 1. The molecule has 3 aromatic rings. The van der Waals surface area contributed by atoms with E-state index >= 15 is 0 Å². The molecule has 0 radical (unpaired) electrons. The molecule has 1 unspecified atom stereocenters. The molecule has 0 saturated carbocycles. The third-order valence-electron chi connectivity index (χ3n) is 5.13. The molecule has 1 aromatic carbocycles. The summed E-state index contributed by atoms with van der Waals surface area (Å²) in [6, 6.07) is 13.2. The third-order valence-corrected chi connectivity index (χ3v) is 5.13. The van der Waals surface area contributed by atoms with Crippen LogP contribution in [-0.2, 0) is 16.0 Å². The Hall–Kier alpha value is -3.41. The second-order valence-corrected chi connectivity index (χ2v) is 7.00. The largest absolute Gasteiger partial charge is 0.325 e. The first-order valence-electron chi connectivity index (χ1n) is 9.30. The van der Waals surface area contributed by atoms with Gasteiger partial charge in [0.15, 0.2) is 5.82 Å². The van der Waals surface area contributed by atoms with Gasteiger partial charge >= 0.3 is 0 Å². The maximum atomic E-state index is 13.4. The number of carbonyl (C=O) groups excluding carboxylic acids is 2. The summed E-state index contributed by atoms with van der Waals surface area (Å²) in [5, 5.41) is 0. The Morgan fingerprint density at radius 2 is 2.00 bits per heavy atom. The van der Waals surface area contributed by atoms with Gasteiger partial charge in [0, 0.05) is 25.7 Å². The topological polar surface area (TPSA) is 57.9 Å². The van der Waals surface area contributed by atoms with Gasteiger partial charge in [0.2, 0.25) is 5.91 Å². The molecule has 1 aliphatic rings. The van der Waals surface area contributed by atoms with Crippen molar-refractivity contribution in [1.29, 1.82) is 0 Å². The fourth-order valence-corrected chi connectivity index (χ4v) is 3.59. The molecule has 6 nitrogen and oxygen atoms in total. The monoisotopic (exact) mass is 374 g/mol. The highest BCUT2D eigenvalue weighted by atomic mass is 16.2. The van der Waals surface area contributed by atoms with Crippen LogP contribution in [0.3, 0.4) is 0 Å². The Bertz CT molecular complexity index is 1010. The minimum Gasteiger partial charge on any atom is -0.325 e. The quantitative estimate of drug-likeness (QED) is 0.660. The number of amides is 2. The normalized spacial score (nSPS) is 17.2. The minimum absolute atomic E-state index is 0.120. The molecule has 28 heavy (non-hydrogen) atoms. The molecule has 2 aromatic heterocycles. The summed E-state index contributed by atoms with van der Waals surface area (Å²) in [6.45, 7) is 6.47. The van der Waals surface area contributed by atoms with Crippen molar-refractivity contribution in [2.45, 2.75) is 19.4 Å². The molecule has 0 N–H and O–H groups in total. The molecule has 1 fully saturated rings. The van der Waals surface area contributed by atoms with E-state index in [-0.39, 0.29) is 11.8 Å². The smallest absolute Gasteiger partial charge is 0.251 e. The molecule has 6 heteroatoms. The Balaban J connectivity index is 1.66. The highest BCUT2D eigenvalue weighted by Gasteiger charge is 2.38. The second kappa shape index (κ2) is 7.31. The van der Waals surface area contributed by atoms with Crippen molar-refractivity contribution in [3.63, 3.8) is 0 Å². The highest BCUT2D eigenvalue weighted by molar-refractivity contribution is 6.01. The van der Waals surface area contributed by atoms with Gasteiger partial charge in [-0.25, -0.2) is 4.98 Å². The number of aryl methyl sites for hydroxylation is 1. The summed E-state index contributed by atoms with van der Waals surface area (Å²) in [4.78, 5) is 33.6. The van der Waals surface area contributed by atoms with Crippen LogP contribution in [0.4, 0.5) is 5.82 Å². The highest BCUT2D eigenvalue weighted by Crippen LogP contribution is 2.23. The van der Waals surface area contributed by atoms with Gasteiger partial charge in [-0.3, -0.25) is 14.5 Å². The minimum atomic E-state index is -0.577. The first kappa shape index (κ1) is 18.0. The zero-order valence-corrected chi connectivity index (χ0v) is 15.8. The summed E-state index contributed by atoms with van der Waals surface area (Å²) in [6.07, 6.45) is 5.48. The summed E-state index contributed by atoms with van der Waals surface area (Å²) in [5.74, 6) is 0.265. The fraction of sp³-hybridized carbons (Fsp3) is 0.227. The molecule has 1 saturated heterocycles. The lowest BCUT2D eigenvalue weighted by Crippen LogP contribution is -2.59. The van der Waals surface area contributed by atoms with Crippen molar-refractivity contribution in [2.75, 3.05) is 18.0 Å². The number of hydrogen-bond acceptors (Lipinski definition) is 3. The summed E-state index contributed by atoms with van der Waals surface area (Å²) in [5.41, 5.74) is 2.96. The van der Waals surface area contributed by atoms with Crippen molar-refractivity contribution in [1.82, 2.24) is 14.3 Å². The van der Waals surface area contributed by atoms with Crippen LogP contribution in [0.5, 0.6) is 0 Å². The van der Waals surface area contributed by atoms with E-state index in [9.17, 15) is 9.59 Å². The molecule has 0 aliphatic carbocycles. The number of benzene rings is 1. The first-order chi connectivity index (χ1) is 13.6.